The number of hydrogen-bond acceptors (Lipinski definition) is 4. The number of rotatable bonds is 4. The fraction of sp³-hybridized carbons (Fsp3) is 0.364. The molecule has 2 aromatic heterocycles. The highest BCUT2D eigenvalue weighted by atomic mass is 32.1. The first-order valence-electron chi connectivity index (χ1n) is 4.92. The predicted molar refractivity (Wildman–Crippen MR) is 60.8 cm³/mol. The van der Waals surface area contributed by atoms with E-state index in [9.17, 15) is 0 Å². The van der Waals surface area contributed by atoms with Gasteiger partial charge >= 0.3 is 0 Å². The molecule has 0 aliphatic rings. The molecular weight excluding hydrogens is 208 g/mol. The van der Waals surface area contributed by atoms with Gasteiger partial charge in [-0.2, -0.15) is 0 Å². The van der Waals surface area contributed by atoms with Crippen LogP contribution in [0.25, 0.3) is 0 Å². The molecule has 0 aliphatic carbocycles. The molecule has 4 heteroatoms. The van der Waals surface area contributed by atoms with Crippen molar-refractivity contribution in [2.24, 2.45) is 0 Å². The van der Waals surface area contributed by atoms with E-state index in [1.165, 1.54) is 10.4 Å². The second-order valence-corrected chi connectivity index (χ2v) is 4.42. The number of nitrogens with zero attached hydrogens (tertiary/aromatic N) is 1. The molecule has 0 fully saturated rings. The first-order chi connectivity index (χ1) is 7.27. The van der Waals surface area contributed by atoms with Crippen molar-refractivity contribution in [2.75, 3.05) is 0 Å². The molecule has 2 heterocycles. The number of aryl methyl sites for hydroxylation is 1. The van der Waals surface area contributed by atoms with E-state index < -0.39 is 0 Å². The van der Waals surface area contributed by atoms with Crippen LogP contribution in [0, 0.1) is 6.92 Å². The predicted octanol–water partition coefficient (Wildman–Crippen LogP) is 2.90. The third kappa shape index (κ3) is 2.46. The quantitative estimate of drug-likeness (QED) is 0.864. The lowest BCUT2D eigenvalue weighted by Crippen LogP contribution is -2.17. The van der Waals surface area contributed by atoms with Crippen LogP contribution < -0.4 is 5.32 Å². The molecule has 0 aliphatic heterocycles. The van der Waals surface area contributed by atoms with Gasteiger partial charge in [-0.05, 0) is 19.9 Å². The molecule has 0 amide bonds. The van der Waals surface area contributed by atoms with E-state index in [1.807, 2.05) is 18.5 Å². The number of aromatic nitrogens is 1. The highest BCUT2D eigenvalue weighted by Crippen LogP contribution is 2.21. The van der Waals surface area contributed by atoms with E-state index in [2.05, 4.69) is 17.2 Å². The van der Waals surface area contributed by atoms with Gasteiger partial charge < -0.3 is 9.73 Å². The van der Waals surface area contributed by atoms with Crippen LogP contribution in [-0.4, -0.2) is 4.98 Å². The summed E-state index contributed by atoms with van der Waals surface area (Å²) >= 11 is 1.70. The molecule has 1 atom stereocenters. The van der Waals surface area contributed by atoms with Gasteiger partial charge in [0.2, 0.25) is 0 Å². The maximum atomic E-state index is 5.01. The fourth-order valence-electron chi connectivity index (χ4n) is 1.48. The normalized spacial score (nSPS) is 12.9. The molecule has 2 rings (SSSR count). The molecule has 0 bridgehead atoms. The molecular formula is C11H14N2OS. The van der Waals surface area contributed by atoms with Gasteiger partial charge in [0.15, 0.2) is 0 Å². The largest absolute Gasteiger partial charge is 0.472 e. The third-order valence-corrected chi connectivity index (χ3v) is 3.48. The van der Waals surface area contributed by atoms with Gasteiger partial charge in [0, 0.05) is 23.0 Å². The number of hydrogen-bond donors (Lipinski definition) is 1. The molecule has 80 valence electrons. The van der Waals surface area contributed by atoms with Crippen molar-refractivity contribution in [3.8, 4) is 0 Å². The lowest BCUT2D eigenvalue weighted by molar-refractivity contribution is 0.548. The molecule has 0 aromatic carbocycles. The molecule has 15 heavy (non-hydrogen) atoms. The maximum absolute atomic E-state index is 5.01. The highest BCUT2D eigenvalue weighted by molar-refractivity contribution is 7.09. The Kier molecular flexibility index (Phi) is 3.18. The number of furan rings is 1. The van der Waals surface area contributed by atoms with Crippen molar-refractivity contribution < 1.29 is 4.42 Å². The van der Waals surface area contributed by atoms with Gasteiger partial charge in [0.1, 0.15) is 0 Å². The summed E-state index contributed by atoms with van der Waals surface area (Å²) in [5.41, 5.74) is 4.18. The Morgan fingerprint density at radius 1 is 1.60 bits per heavy atom. The van der Waals surface area contributed by atoms with Gasteiger partial charge in [-0.15, -0.1) is 11.3 Å². The number of thiazole rings is 1. The van der Waals surface area contributed by atoms with Crippen molar-refractivity contribution >= 4 is 11.3 Å². The number of nitrogens with one attached hydrogen (secondary N) is 1. The molecule has 0 saturated heterocycles. The van der Waals surface area contributed by atoms with E-state index in [0.717, 1.165) is 12.2 Å². The second kappa shape index (κ2) is 4.59. The van der Waals surface area contributed by atoms with Crippen molar-refractivity contribution in [2.45, 2.75) is 26.4 Å². The van der Waals surface area contributed by atoms with Gasteiger partial charge in [-0.25, -0.2) is 4.98 Å². The SMILES string of the molecule is Cc1ncsc1C(C)NCc1ccoc1. The standard InChI is InChI=1S/C11H14N2OS/c1-8(11-9(2)13-7-15-11)12-5-10-3-4-14-6-10/h3-4,6-8,12H,5H2,1-2H3. The summed E-state index contributed by atoms with van der Waals surface area (Å²) in [6.07, 6.45) is 3.46. The first kappa shape index (κ1) is 10.4. The van der Waals surface area contributed by atoms with Crippen LogP contribution in [-0.2, 0) is 6.54 Å². The van der Waals surface area contributed by atoms with Crippen LogP contribution in [0.1, 0.15) is 29.1 Å². The monoisotopic (exact) mass is 222 g/mol. The minimum absolute atomic E-state index is 0.340. The smallest absolute Gasteiger partial charge is 0.0947 e. The summed E-state index contributed by atoms with van der Waals surface area (Å²) < 4.78 is 5.01. The topological polar surface area (TPSA) is 38.1 Å². The fourth-order valence-corrected chi connectivity index (χ4v) is 2.32. The molecule has 1 unspecified atom stereocenters. The zero-order valence-electron chi connectivity index (χ0n) is 8.86. The Hall–Kier alpha value is -1.13. The molecule has 0 saturated carbocycles. The van der Waals surface area contributed by atoms with Gasteiger partial charge in [0.25, 0.3) is 0 Å². The van der Waals surface area contributed by atoms with Crippen molar-refractivity contribution in [1.29, 1.82) is 0 Å². The summed E-state index contributed by atoms with van der Waals surface area (Å²) in [5.74, 6) is 0. The average Bonchev–Trinajstić information content (AvgIpc) is 2.84. The summed E-state index contributed by atoms with van der Waals surface area (Å²) in [4.78, 5) is 5.55. The van der Waals surface area contributed by atoms with E-state index in [1.54, 1.807) is 23.9 Å². The minimum Gasteiger partial charge on any atom is -0.472 e. The zero-order valence-corrected chi connectivity index (χ0v) is 9.67. The van der Waals surface area contributed by atoms with E-state index in [-0.39, 0.29) is 0 Å². The second-order valence-electron chi connectivity index (χ2n) is 3.54. The Labute approximate surface area is 93.2 Å². The molecule has 1 N–H and O–H groups in total. The van der Waals surface area contributed by atoms with E-state index in [4.69, 9.17) is 4.42 Å². The summed E-state index contributed by atoms with van der Waals surface area (Å²) in [6, 6.07) is 2.31. The molecule has 2 aromatic rings. The zero-order chi connectivity index (χ0) is 10.7. The Bertz CT molecular complexity index is 408. The summed E-state index contributed by atoms with van der Waals surface area (Å²) in [6.45, 7) is 5.03. The van der Waals surface area contributed by atoms with E-state index >= 15 is 0 Å². The van der Waals surface area contributed by atoms with Gasteiger partial charge in [0.05, 0.1) is 23.7 Å². The van der Waals surface area contributed by atoms with Crippen LogP contribution in [0.15, 0.2) is 28.5 Å². The third-order valence-electron chi connectivity index (χ3n) is 2.37. The summed E-state index contributed by atoms with van der Waals surface area (Å²) in [5, 5.41) is 3.44. The highest BCUT2D eigenvalue weighted by Gasteiger charge is 2.10. The van der Waals surface area contributed by atoms with Crippen molar-refractivity contribution in [3.05, 3.63) is 40.2 Å². The first-order valence-corrected chi connectivity index (χ1v) is 5.80. The summed E-state index contributed by atoms with van der Waals surface area (Å²) in [7, 11) is 0. The lowest BCUT2D eigenvalue weighted by Gasteiger charge is -2.11. The van der Waals surface area contributed by atoms with Crippen LogP contribution in [0.2, 0.25) is 0 Å². The van der Waals surface area contributed by atoms with Crippen LogP contribution in [0.4, 0.5) is 0 Å². The van der Waals surface area contributed by atoms with E-state index in [0.29, 0.717) is 6.04 Å². The van der Waals surface area contributed by atoms with Crippen molar-refractivity contribution in [1.82, 2.24) is 10.3 Å². The Morgan fingerprint density at radius 3 is 3.07 bits per heavy atom. The Morgan fingerprint density at radius 2 is 2.47 bits per heavy atom. The molecule has 3 nitrogen and oxygen atoms in total. The average molecular weight is 222 g/mol. The molecule has 0 radical (unpaired) electrons. The Balaban J connectivity index is 1.93. The van der Waals surface area contributed by atoms with Crippen LogP contribution in [0.3, 0.4) is 0 Å². The van der Waals surface area contributed by atoms with Crippen molar-refractivity contribution in [3.63, 3.8) is 0 Å². The van der Waals surface area contributed by atoms with Crippen LogP contribution in [0.5, 0.6) is 0 Å². The maximum Gasteiger partial charge on any atom is 0.0947 e. The van der Waals surface area contributed by atoms with Gasteiger partial charge in [-0.3, -0.25) is 0 Å². The lowest BCUT2D eigenvalue weighted by atomic mass is 10.2. The minimum atomic E-state index is 0.340. The van der Waals surface area contributed by atoms with Crippen LogP contribution >= 0.6 is 11.3 Å². The van der Waals surface area contributed by atoms with Gasteiger partial charge in [-0.1, -0.05) is 0 Å². The molecule has 0 spiro atoms.